The van der Waals surface area contributed by atoms with Crippen molar-refractivity contribution >= 4 is 44.4 Å². The van der Waals surface area contributed by atoms with E-state index in [0.717, 1.165) is 42.0 Å². The van der Waals surface area contributed by atoms with Gasteiger partial charge in [-0.1, -0.05) is 30.3 Å². The number of thioether (sulfide) groups is 1. The van der Waals surface area contributed by atoms with Crippen molar-refractivity contribution in [2.24, 2.45) is 0 Å². The molecule has 4 rings (SSSR count). The maximum absolute atomic E-state index is 13.0. The van der Waals surface area contributed by atoms with Gasteiger partial charge in [0.1, 0.15) is 5.75 Å². The minimum Gasteiger partial charge on any atom is -0.495 e. The zero-order valence-corrected chi connectivity index (χ0v) is 20.4. The van der Waals surface area contributed by atoms with Gasteiger partial charge in [0.25, 0.3) is 0 Å². The molecule has 0 aliphatic carbocycles. The van der Waals surface area contributed by atoms with Gasteiger partial charge < -0.3 is 14.6 Å². The van der Waals surface area contributed by atoms with Gasteiger partial charge >= 0.3 is 0 Å². The van der Waals surface area contributed by atoms with Gasteiger partial charge in [0.2, 0.25) is 15.9 Å². The van der Waals surface area contributed by atoms with Crippen LogP contribution in [0.2, 0.25) is 0 Å². The number of ether oxygens (including phenoxy) is 1. The number of piperidine rings is 1. The van der Waals surface area contributed by atoms with Gasteiger partial charge in [-0.15, -0.1) is 0 Å². The Labute approximate surface area is 198 Å². The van der Waals surface area contributed by atoms with Crippen LogP contribution in [0.3, 0.4) is 0 Å². The Bertz CT molecular complexity index is 1250. The molecule has 8 nitrogen and oxygen atoms in total. The van der Waals surface area contributed by atoms with E-state index in [2.05, 4.69) is 14.9 Å². The number of nitrogens with one attached hydrogen (secondary N) is 1. The number of hydrogen-bond donors (Lipinski definition) is 1. The summed E-state index contributed by atoms with van der Waals surface area (Å²) in [4.78, 5) is 17.5. The summed E-state index contributed by atoms with van der Waals surface area (Å²) in [5, 5.41) is 3.58. The first-order valence-corrected chi connectivity index (χ1v) is 13.4. The summed E-state index contributed by atoms with van der Waals surface area (Å²) in [5.74, 6) is 0.280. The van der Waals surface area contributed by atoms with Gasteiger partial charge in [-0.3, -0.25) is 4.79 Å². The molecule has 10 heteroatoms. The second kappa shape index (κ2) is 10.1. The van der Waals surface area contributed by atoms with Gasteiger partial charge in [-0.05, 0) is 50.1 Å². The number of nitrogens with zero attached hydrogens (tertiary/aromatic N) is 3. The van der Waals surface area contributed by atoms with Crippen molar-refractivity contribution in [2.45, 2.75) is 42.8 Å². The summed E-state index contributed by atoms with van der Waals surface area (Å²) >= 11 is 1.34. The number of amides is 1. The van der Waals surface area contributed by atoms with Crippen LogP contribution in [-0.2, 0) is 21.4 Å². The second-order valence-corrected chi connectivity index (χ2v) is 10.7. The van der Waals surface area contributed by atoms with E-state index in [0.29, 0.717) is 24.5 Å². The molecule has 2 heterocycles. The van der Waals surface area contributed by atoms with Crippen LogP contribution in [0.4, 0.5) is 5.69 Å². The standard InChI is InChI=1S/C23H28N4O4S2/c1-3-27-20-10-6-5-9-18(20)25-23(27)32-16-22(28)24-19-15-17(11-12-21(19)31-2)33(29,30)26-13-7-4-8-14-26/h5-6,9-12,15H,3-4,7-8,13-14,16H2,1-2H3,(H,24,28). The largest absolute Gasteiger partial charge is 0.495 e. The number of aryl methyl sites for hydroxylation is 1. The fourth-order valence-electron chi connectivity index (χ4n) is 3.99. The van der Waals surface area contributed by atoms with Crippen molar-refractivity contribution in [3.8, 4) is 5.75 Å². The number of imidazole rings is 1. The van der Waals surface area contributed by atoms with Gasteiger partial charge in [0.15, 0.2) is 5.16 Å². The average Bonchev–Trinajstić information content (AvgIpc) is 3.20. The Morgan fingerprint density at radius 3 is 2.64 bits per heavy atom. The lowest BCUT2D eigenvalue weighted by Gasteiger charge is -2.26. The number of para-hydroxylation sites is 2. The lowest BCUT2D eigenvalue weighted by atomic mass is 10.2. The van der Waals surface area contributed by atoms with Gasteiger partial charge in [0.05, 0.1) is 34.5 Å². The fourth-order valence-corrected chi connectivity index (χ4v) is 6.41. The molecule has 1 amide bonds. The number of carbonyl (C=O) groups excluding carboxylic acids is 1. The van der Waals surface area contributed by atoms with E-state index in [1.165, 1.54) is 35.3 Å². The number of sulfonamides is 1. The molecule has 1 N–H and O–H groups in total. The Morgan fingerprint density at radius 2 is 1.91 bits per heavy atom. The van der Waals surface area contributed by atoms with Gasteiger partial charge in [-0.25, -0.2) is 13.4 Å². The van der Waals surface area contributed by atoms with Crippen LogP contribution in [0.5, 0.6) is 5.75 Å². The molecule has 0 spiro atoms. The molecule has 1 aliphatic heterocycles. The zero-order chi connectivity index (χ0) is 23.4. The van der Waals surface area contributed by atoms with Crippen LogP contribution in [0.25, 0.3) is 11.0 Å². The first-order valence-electron chi connectivity index (χ1n) is 11.0. The van der Waals surface area contributed by atoms with Crippen LogP contribution in [0.1, 0.15) is 26.2 Å². The minimum absolute atomic E-state index is 0.135. The van der Waals surface area contributed by atoms with Crippen molar-refractivity contribution in [1.82, 2.24) is 13.9 Å². The van der Waals surface area contributed by atoms with E-state index in [-0.39, 0.29) is 16.6 Å². The number of rotatable bonds is 8. The fraction of sp³-hybridized carbons (Fsp3) is 0.391. The summed E-state index contributed by atoms with van der Waals surface area (Å²) in [5.41, 5.74) is 2.25. The number of carbonyl (C=O) groups is 1. The zero-order valence-electron chi connectivity index (χ0n) is 18.8. The summed E-state index contributed by atoms with van der Waals surface area (Å²) in [7, 11) is -2.13. The maximum atomic E-state index is 13.0. The number of aromatic nitrogens is 2. The monoisotopic (exact) mass is 488 g/mol. The van der Waals surface area contributed by atoms with E-state index in [1.807, 2.05) is 31.2 Å². The second-order valence-electron chi connectivity index (χ2n) is 7.79. The number of hydrogen-bond acceptors (Lipinski definition) is 6. The molecule has 1 aromatic heterocycles. The summed E-state index contributed by atoms with van der Waals surface area (Å²) < 4.78 is 35.0. The highest BCUT2D eigenvalue weighted by molar-refractivity contribution is 7.99. The number of methoxy groups -OCH3 is 1. The molecule has 0 radical (unpaired) electrons. The smallest absolute Gasteiger partial charge is 0.243 e. The van der Waals surface area contributed by atoms with E-state index in [9.17, 15) is 13.2 Å². The third-order valence-electron chi connectivity index (χ3n) is 5.67. The molecular formula is C23H28N4O4S2. The molecule has 3 aromatic rings. The molecule has 1 saturated heterocycles. The van der Waals surface area contributed by atoms with Crippen LogP contribution < -0.4 is 10.1 Å². The highest BCUT2D eigenvalue weighted by atomic mass is 32.2. The van der Waals surface area contributed by atoms with Gasteiger partial charge in [-0.2, -0.15) is 4.31 Å². The molecule has 0 saturated carbocycles. The normalized spacial score (nSPS) is 15.0. The molecule has 1 aliphatic rings. The van der Waals surface area contributed by atoms with E-state index in [4.69, 9.17) is 4.74 Å². The summed E-state index contributed by atoms with van der Waals surface area (Å²) in [6.07, 6.45) is 2.76. The van der Waals surface area contributed by atoms with E-state index < -0.39 is 10.0 Å². The molecular weight excluding hydrogens is 460 g/mol. The maximum Gasteiger partial charge on any atom is 0.243 e. The Kier molecular flexibility index (Phi) is 7.26. The van der Waals surface area contributed by atoms with Crippen LogP contribution in [-0.4, -0.2) is 54.1 Å². The molecule has 0 bridgehead atoms. The topological polar surface area (TPSA) is 93.5 Å². The van der Waals surface area contributed by atoms with E-state index >= 15 is 0 Å². The number of benzene rings is 2. The third-order valence-corrected chi connectivity index (χ3v) is 8.54. The molecule has 2 aromatic carbocycles. The minimum atomic E-state index is -3.62. The number of anilines is 1. The Hall–Kier alpha value is -2.56. The molecule has 0 unspecified atom stereocenters. The summed E-state index contributed by atoms with van der Waals surface area (Å²) in [6.45, 7) is 3.82. The summed E-state index contributed by atoms with van der Waals surface area (Å²) in [6, 6.07) is 12.4. The highest BCUT2D eigenvalue weighted by Gasteiger charge is 2.27. The predicted octanol–water partition coefficient (Wildman–Crippen LogP) is 3.97. The molecule has 33 heavy (non-hydrogen) atoms. The first kappa shape index (κ1) is 23.6. The van der Waals surface area contributed by atoms with Gasteiger partial charge in [0, 0.05) is 19.6 Å². The van der Waals surface area contributed by atoms with Crippen molar-refractivity contribution in [1.29, 1.82) is 0 Å². The lowest BCUT2D eigenvalue weighted by Crippen LogP contribution is -2.35. The van der Waals surface area contributed by atoms with Crippen LogP contribution in [0, 0.1) is 0 Å². The molecule has 1 fully saturated rings. The van der Waals surface area contributed by atoms with Crippen molar-refractivity contribution < 1.29 is 17.9 Å². The van der Waals surface area contributed by atoms with Crippen molar-refractivity contribution in [3.63, 3.8) is 0 Å². The van der Waals surface area contributed by atoms with Crippen molar-refractivity contribution in [3.05, 3.63) is 42.5 Å². The molecule has 0 atom stereocenters. The number of fused-ring (bicyclic) bond motifs is 1. The highest BCUT2D eigenvalue weighted by Crippen LogP contribution is 2.30. The Balaban J connectivity index is 1.50. The molecule has 176 valence electrons. The predicted molar refractivity (Wildman–Crippen MR) is 130 cm³/mol. The van der Waals surface area contributed by atoms with Crippen LogP contribution in [0.15, 0.2) is 52.5 Å². The van der Waals surface area contributed by atoms with E-state index in [1.54, 1.807) is 6.07 Å². The average molecular weight is 489 g/mol. The lowest BCUT2D eigenvalue weighted by molar-refractivity contribution is -0.113. The third kappa shape index (κ3) is 5.02. The quantitative estimate of drug-likeness (QED) is 0.482. The Morgan fingerprint density at radius 1 is 1.15 bits per heavy atom. The van der Waals surface area contributed by atoms with Crippen molar-refractivity contribution in [2.75, 3.05) is 31.3 Å². The SMILES string of the molecule is CCn1c(SCC(=O)Nc2cc(S(=O)(=O)N3CCCCC3)ccc2OC)nc2ccccc21. The van der Waals surface area contributed by atoms with Crippen LogP contribution >= 0.6 is 11.8 Å². The first-order chi connectivity index (χ1) is 15.9.